The van der Waals surface area contributed by atoms with Gasteiger partial charge in [-0.05, 0) is 12.8 Å². The summed E-state index contributed by atoms with van der Waals surface area (Å²) in [6, 6.07) is 1.82. The zero-order valence-corrected chi connectivity index (χ0v) is 14.6. The number of aromatic nitrogens is 1. The molecule has 0 amide bonds. The Hall–Kier alpha value is -0.830. The van der Waals surface area contributed by atoms with Crippen LogP contribution < -0.4 is 10.6 Å². The third-order valence-electron chi connectivity index (χ3n) is 2.55. The van der Waals surface area contributed by atoms with Crippen LogP contribution in [0.5, 0.6) is 0 Å². The Kier molecular flexibility index (Phi) is 12.6. The standard InChI is InChI=1S/C13H24N4O2.HI/c1-3-4-8-18-9-5-7-15-13(14-2)16-11-12-6-10-19-17-12;/h6,10H,3-5,7-9,11H2,1-2H3,(H2,14,15,16);1H. The number of unbranched alkanes of at least 4 members (excludes halogenated alkanes) is 1. The van der Waals surface area contributed by atoms with Gasteiger partial charge in [-0.3, -0.25) is 4.99 Å². The Morgan fingerprint density at radius 3 is 2.80 bits per heavy atom. The summed E-state index contributed by atoms with van der Waals surface area (Å²) in [5, 5.41) is 10.2. The summed E-state index contributed by atoms with van der Waals surface area (Å²) >= 11 is 0. The van der Waals surface area contributed by atoms with Crippen molar-refractivity contribution in [3.05, 3.63) is 18.0 Å². The molecule has 1 aromatic rings. The number of hydrogen-bond donors (Lipinski definition) is 2. The highest BCUT2D eigenvalue weighted by molar-refractivity contribution is 14.0. The summed E-state index contributed by atoms with van der Waals surface area (Å²) in [6.07, 6.45) is 4.83. The lowest BCUT2D eigenvalue weighted by Gasteiger charge is -2.10. The van der Waals surface area contributed by atoms with Gasteiger partial charge in [0.15, 0.2) is 5.96 Å². The van der Waals surface area contributed by atoms with Gasteiger partial charge in [-0.15, -0.1) is 24.0 Å². The van der Waals surface area contributed by atoms with Crippen molar-refractivity contribution in [2.75, 3.05) is 26.8 Å². The molecule has 0 radical (unpaired) electrons. The normalized spacial score (nSPS) is 11.0. The number of hydrogen-bond acceptors (Lipinski definition) is 4. The van der Waals surface area contributed by atoms with Crippen molar-refractivity contribution in [3.63, 3.8) is 0 Å². The fraction of sp³-hybridized carbons (Fsp3) is 0.692. The first-order chi connectivity index (χ1) is 9.36. The lowest BCUT2D eigenvalue weighted by atomic mass is 10.4. The molecular formula is C13H25IN4O2. The van der Waals surface area contributed by atoms with Crippen molar-refractivity contribution in [2.24, 2.45) is 4.99 Å². The van der Waals surface area contributed by atoms with Gasteiger partial charge in [0, 0.05) is 32.9 Å². The number of nitrogens with one attached hydrogen (secondary N) is 2. The molecule has 0 unspecified atom stereocenters. The largest absolute Gasteiger partial charge is 0.381 e. The Balaban J connectivity index is 0.00000361. The van der Waals surface area contributed by atoms with Crippen molar-refractivity contribution in [1.29, 1.82) is 0 Å². The Morgan fingerprint density at radius 1 is 1.35 bits per heavy atom. The Morgan fingerprint density at radius 2 is 2.15 bits per heavy atom. The molecule has 20 heavy (non-hydrogen) atoms. The van der Waals surface area contributed by atoms with E-state index in [4.69, 9.17) is 9.26 Å². The molecular weight excluding hydrogens is 371 g/mol. The summed E-state index contributed by atoms with van der Waals surface area (Å²) in [6.45, 7) is 5.24. The van der Waals surface area contributed by atoms with Gasteiger partial charge in [0.2, 0.25) is 0 Å². The minimum Gasteiger partial charge on any atom is -0.381 e. The predicted molar refractivity (Wildman–Crippen MR) is 90.5 cm³/mol. The van der Waals surface area contributed by atoms with E-state index in [2.05, 4.69) is 27.7 Å². The van der Waals surface area contributed by atoms with Gasteiger partial charge in [-0.1, -0.05) is 18.5 Å². The molecule has 0 atom stereocenters. The topological polar surface area (TPSA) is 71.7 Å². The minimum atomic E-state index is 0. The lowest BCUT2D eigenvalue weighted by Crippen LogP contribution is -2.37. The number of aliphatic imine (C=N–C) groups is 1. The van der Waals surface area contributed by atoms with Crippen LogP contribution >= 0.6 is 24.0 Å². The van der Waals surface area contributed by atoms with Crippen LogP contribution in [0.2, 0.25) is 0 Å². The van der Waals surface area contributed by atoms with Crippen LogP contribution in [0.25, 0.3) is 0 Å². The van der Waals surface area contributed by atoms with Gasteiger partial charge >= 0.3 is 0 Å². The predicted octanol–water partition coefficient (Wildman–Crippen LogP) is 2.16. The van der Waals surface area contributed by atoms with Gasteiger partial charge in [0.25, 0.3) is 0 Å². The number of ether oxygens (including phenoxy) is 1. The molecule has 0 aliphatic rings. The molecule has 0 aliphatic carbocycles. The van der Waals surface area contributed by atoms with E-state index < -0.39 is 0 Å². The van der Waals surface area contributed by atoms with Crippen molar-refractivity contribution >= 4 is 29.9 Å². The SMILES string of the molecule is CCCCOCCCNC(=NC)NCc1ccon1.I. The second-order valence-electron chi connectivity index (χ2n) is 4.16. The van der Waals surface area contributed by atoms with E-state index in [9.17, 15) is 0 Å². The minimum absolute atomic E-state index is 0. The monoisotopic (exact) mass is 396 g/mol. The zero-order valence-electron chi connectivity index (χ0n) is 12.2. The summed E-state index contributed by atoms with van der Waals surface area (Å²) in [7, 11) is 1.75. The molecule has 0 saturated heterocycles. The highest BCUT2D eigenvalue weighted by Gasteiger charge is 1.99. The van der Waals surface area contributed by atoms with E-state index in [1.165, 1.54) is 6.42 Å². The first-order valence-corrected chi connectivity index (χ1v) is 6.78. The van der Waals surface area contributed by atoms with E-state index in [0.717, 1.165) is 44.3 Å². The van der Waals surface area contributed by atoms with Gasteiger partial charge < -0.3 is 19.9 Å². The molecule has 1 heterocycles. The lowest BCUT2D eigenvalue weighted by molar-refractivity contribution is 0.129. The number of halogens is 1. The van der Waals surface area contributed by atoms with Gasteiger partial charge in [0.1, 0.15) is 12.0 Å². The molecule has 0 bridgehead atoms. The van der Waals surface area contributed by atoms with Crippen LogP contribution in [-0.4, -0.2) is 37.9 Å². The van der Waals surface area contributed by atoms with Gasteiger partial charge in [-0.2, -0.15) is 0 Å². The van der Waals surface area contributed by atoms with Crippen LogP contribution in [0.4, 0.5) is 0 Å². The Bertz CT molecular complexity index is 344. The molecule has 0 aliphatic heterocycles. The highest BCUT2D eigenvalue weighted by Crippen LogP contribution is 1.92. The molecule has 6 nitrogen and oxygen atoms in total. The smallest absolute Gasteiger partial charge is 0.191 e. The van der Waals surface area contributed by atoms with Crippen LogP contribution in [-0.2, 0) is 11.3 Å². The molecule has 7 heteroatoms. The fourth-order valence-corrected chi connectivity index (χ4v) is 1.45. The van der Waals surface area contributed by atoms with Crippen molar-refractivity contribution in [3.8, 4) is 0 Å². The van der Waals surface area contributed by atoms with Gasteiger partial charge in [-0.25, -0.2) is 0 Å². The summed E-state index contributed by atoms with van der Waals surface area (Å²) < 4.78 is 10.2. The maximum Gasteiger partial charge on any atom is 0.191 e. The second kappa shape index (κ2) is 13.2. The average molecular weight is 396 g/mol. The highest BCUT2D eigenvalue weighted by atomic mass is 127. The van der Waals surface area contributed by atoms with Crippen LogP contribution in [0, 0.1) is 0 Å². The fourth-order valence-electron chi connectivity index (χ4n) is 1.45. The molecule has 1 aromatic heterocycles. The quantitative estimate of drug-likeness (QED) is 0.290. The van der Waals surface area contributed by atoms with E-state index in [1.807, 2.05) is 6.07 Å². The summed E-state index contributed by atoms with van der Waals surface area (Å²) in [4.78, 5) is 4.13. The third kappa shape index (κ3) is 9.13. The zero-order chi connectivity index (χ0) is 13.8. The van der Waals surface area contributed by atoms with Crippen LogP contribution in [0.1, 0.15) is 31.9 Å². The molecule has 0 aromatic carbocycles. The van der Waals surface area contributed by atoms with Crippen molar-refractivity contribution in [2.45, 2.75) is 32.7 Å². The van der Waals surface area contributed by atoms with Crippen LogP contribution in [0.15, 0.2) is 21.8 Å². The maximum atomic E-state index is 5.49. The molecule has 0 saturated carbocycles. The molecule has 0 spiro atoms. The van der Waals surface area contributed by atoms with Gasteiger partial charge in [0.05, 0.1) is 6.54 Å². The first-order valence-electron chi connectivity index (χ1n) is 6.78. The van der Waals surface area contributed by atoms with Crippen molar-refractivity contribution < 1.29 is 9.26 Å². The molecule has 116 valence electrons. The number of guanidine groups is 1. The summed E-state index contributed by atoms with van der Waals surface area (Å²) in [5.74, 6) is 0.761. The van der Waals surface area contributed by atoms with E-state index in [1.54, 1.807) is 13.3 Å². The molecule has 2 N–H and O–H groups in total. The number of rotatable bonds is 9. The van der Waals surface area contributed by atoms with E-state index >= 15 is 0 Å². The average Bonchev–Trinajstić information content (AvgIpc) is 2.94. The molecule has 0 fully saturated rings. The second-order valence-corrected chi connectivity index (χ2v) is 4.16. The number of nitrogens with zero attached hydrogens (tertiary/aromatic N) is 2. The van der Waals surface area contributed by atoms with E-state index in [0.29, 0.717) is 6.54 Å². The van der Waals surface area contributed by atoms with Crippen molar-refractivity contribution in [1.82, 2.24) is 15.8 Å². The molecule has 1 rings (SSSR count). The summed E-state index contributed by atoms with van der Waals surface area (Å²) in [5.41, 5.74) is 0.853. The maximum absolute atomic E-state index is 5.49. The third-order valence-corrected chi connectivity index (χ3v) is 2.55. The Labute approximate surface area is 137 Å². The van der Waals surface area contributed by atoms with E-state index in [-0.39, 0.29) is 24.0 Å². The first kappa shape index (κ1) is 19.2. The van der Waals surface area contributed by atoms with Crippen LogP contribution in [0.3, 0.4) is 0 Å².